The van der Waals surface area contributed by atoms with E-state index in [0.29, 0.717) is 0 Å². The van der Waals surface area contributed by atoms with E-state index in [4.69, 9.17) is 0 Å². The molecule has 1 heterocycles. The number of para-hydroxylation sites is 3. The molecule has 0 unspecified atom stereocenters. The van der Waals surface area contributed by atoms with Crippen LogP contribution in [0.15, 0.2) is 140 Å². The number of hydrogen-bond donors (Lipinski definition) is 0. The lowest BCUT2D eigenvalue weighted by Gasteiger charge is -2.12. The summed E-state index contributed by atoms with van der Waals surface area (Å²) < 4.78 is 2.40. The van der Waals surface area contributed by atoms with E-state index >= 15 is 0 Å². The van der Waals surface area contributed by atoms with Crippen molar-refractivity contribution in [3.8, 4) is 27.9 Å². The van der Waals surface area contributed by atoms with Crippen LogP contribution in [0.3, 0.4) is 0 Å². The molecule has 164 valence electrons. The van der Waals surface area contributed by atoms with Gasteiger partial charge in [-0.3, -0.25) is 0 Å². The first-order chi connectivity index (χ1) is 17.4. The van der Waals surface area contributed by atoms with Gasteiger partial charge in [0.2, 0.25) is 0 Å². The van der Waals surface area contributed by atoms with Crippen molar-refractivity contribution in [1.82, 2.24) is 4.57 Å². The fourth-order valence-corrected chi connectivity index (χ4v) is 5.31. The van der Waals surface area contributed by atoms with Crippen LogP contribution in [0.2, 0.25) is 0 Å². The van der Waals surface area contributed by atoms with Crippen molar-refractivity contribution < 1.29 is 0 Å². The Morgan fingerprint density at radius 2 is 1.06 bits per heavy atom. The molecule has 0 spiro atoms. The Kier molecular flexibility index (Phi) is 4.53. The number of nitrogens with zero attached hydrogens (tertiary/aromatic N) is 1. The van der Waals surface area contributed by atoms with Crippen molar-refractivity contribution in [3.05, 3.63) is 140 Å². The predicted octanol–water partition coefficient (Wildman–Crippen LogP) is 9.27. The fraction of sp³-hybridized carbons (Fsp3) is 0. The maximum absolute atomic E-state index is 2.40. The Balaban J connectivity index is 1.41. The molecule has 35 heavy (non-hydrogen) atoms. The average molecular weight is 446 g/mol. The monoisotopic (exact) mass is 445 g/mol. The maximum Gasteiger partial charge on any atom is 0.0619 e. The highest BCUT2D eigenvalue weighted by Gasteiger charge is 2.16. The molecular weight excluding hydrogens is 422 g/mol. The molecule has 0 saturated carbocycles. The third-order valence-corrected chi connectivity index (χ3v) is 6.99. The van der Waals surface area contributed by atoms with E-state index < -0.39 is 0 Å². The SMILES string of the molecule is c1ccc(-n2c3ccccc3c3cccc(-c4ccc(-c5ccc6ccccc6c5)cc4)c32)cc1. The highest BCUT2D eigenvalue weighted by atomic mass is 15.0. The number of benzene rings is 6. The predicted molar refractivity (Wildman–Crippen MR) is 149 cm³/mol. The zero-order valence-electron chi connectivity index (χ0n) is 19.2. The van der Waals surface area contributed by atoms with E-state index in [0.717, 1.165) is 0 Å². The van der Waals surface area contributed by atoms with Crippen LogP contribution >= 0.6 is 0 Å². The molecule has 0 atom stereocenters. The van der Waals surface area contributed by atoms with Gasteiger partial charge in [0.05, 0.1) is 11.0 Å². The molecule has 0 amide bonds. The van der Waals surface area contributed by atoms with Gasteiger partial charge >= 0.3 is 0 Å². The van der Waals surface area contributed by atoms with E-state index in [-0.39, 0.29) is 0 Å². The van der Waals surface area contributed by atoms with Gasteiger partial charge in [-0.1, -0.05) is 115 Å². The number of fused-ring (bicyclic) bond motifs is 4. The Morgan fingerprint density at radius 1 is 0.400 bits per heavy atom. The van der Waals surface area contributed by atoms with E-state index in [9.17, 15) is 0 Å². The largest absolute Gasteiger partial charge is 0.309 e. The molecule has 0 bridgehead atoms. The van der Waals surface area contributed by atoms with E-state index in [1.807, 2.05) is 0 Å². The lowest BCUT2D eigenvalue weighted by molar-refractivity contribution is 1.18. The van der Waals surface area contributed by atoms with Gasteiger partial charge in [0.25, 0.3) is 0 Å². The molecule has 0 aliphatic rings. The summed E-state index contributed by atoms with van der Waals surface area (Å²) in [7, 11) is 0. The second-order valence-electron chi connectivity index (χ2n) is 9.03. The van der Waals surface area contributed by atoms with E-state index in [1.165, 1.54) is 60.5 Å². The second kappa shape index (κ2) is 8.00. The Hall–Kier alpha value is -4.62. The first kappa shape index (κ1) is 19.8. The molecule has 1 heteroatoms. The summed E-state index contributed by atoms with van der Waals surface area (Å²) in [6.45, 7) is 0. The van der Waals surface area contributed by atoms with Crippen molar-refractivity contribution in [2.45, 2.75) is 0 Å². The van der Waals surface area contributed by atoms with Crippen molar-refractivity contribution in [2.24, 2.45) is 0 Å². The minimum atomic E-state index is 1.18. The van der Waals surface area contributed by atoms with Crippen LogP contribution in [0.5, 0.6) is 0 Å². The fourth-order valence-electron chi connectivity index (χ4n) is 5.31. The van der Waals surface area contributed by atoms with Crippen LogP contribution in [-0.2, 0) is 0 Å². The molecule has 1 aromatic heterocycles. The van der Waals surface area contributed by atoms with Gasteiger partial charge in [-0.2, -0.15) is 0 Å². The minimum Gasteiger partial charge on any atom is -0.309 e. The normalized spacial score (nSPS) is 11.4. The molecule has 0 saturated heterocycles. The van der Waals surface area contributed by atoms with Gasteiger partial charge in [-0.25, -0.2) is 0 Å². The van der Waals surface area contributed by atoms with E-state index in [2.05, 4.69) is 144 Å². The third kappa shape index (κ3) is 3.25. The standard InChI is InChI=1S/C34H23N/c1-2-11-29(12-3-1)35-33-16-7-6-13-31(33)32-15-8-14-30(34(32)35)26-20-17-25(18-21-26)28-22-19-24-9-4-5-10-27(24)23-28/h1-23H. The number of hydrogen-bond acceptors (Lipinski definition) is 0. The van der Waals surface area contributed by atoms with Crippen LogP contribution in [-0.4, -0.2) is 4.57 Å². The lowest BCUT2D eigenvalue weighted by atomic mass is 9.97. The zero-order valence-corrected chi connectivity index (χ0v) is 19.2. The van der Waals surface area contributed by atoms with Gasteiger partial charge < -0.3 is 4.57 Å². The summed E-state index contributed by atoms with van der Waals surface area (Å²) in [5, 5.41) is 5.10. The molecule has 0 N–H and O–H groups in total. The van der Waals surface area contributed by atoms with Gasteiger partial charge in [-0.15, -0.1) is 0 Å². The van der Waals surface area contributed by atoms with Crippen LogP contribution in [0, 0.1) is 0 Å². The Bertz CT molecular complexity index is 1820. The number of aromatic nitrogens is 1. The lowest BCUT2D eigenvalue weighted by Crippen LogP contribution is -1.95. The average Bonchev–Trinajstić information content (AvgIpc) is 3.28. The molecule has 0 fully saturated rings. The highest BCUT2D eigenvalue weighted by molar-refractivity contribution is 6.13. The molecule has 1 nitrogen and oxygen atoms in total. The van der Waals surface area contributed by atoms with Gasteiger partial charge in [0, 0.05) is 22.0 Å². The summed E-state index contributed by atoms with van der Waals surface area (Å²) in [6, 6.07) is 50.2. The summed E-state index contributed by atoms with van der Waals surface area (Å²) in [6.07, 6.45) is 0. The minimum absolute atomic E-state index is 1.18. The molecule has 6 aromatic carbocycles. The molecule has 0 aliphatic carbocycles. The summed E-state index contributed by atoms with van der Waals surface area (Å²) >= 11 is 0. The van der Waals surface area contributed by atoms with Crippen molar-refractivity contribution in [1.29, 1.82) is 0 Å². The number of rotatable bonds is 3. The Labute approximate surface area is 204 Å². The summed E-state index contributed by atoms with van der Waals surface area (Å²) in [4.78, 5) is 0. The topological polar surface area (TPSA) is 4.93 Å². The molecular formula is C34H23N. The van der Waals surface area contributed by atoms with Crippen molar-refractivity contribution >= 4 is 32.6 Å². The zero-order chi connectivity index (χ0) is 23.2. The Morgan fingerprint density at radius 3 is 1.91 bits per heavy atom. The molecule has 7 rings (SSSR count). The van der Waals surface area contributed by atoms with Crippen LogP contribution in [0.1, 0.15) is 0 Å². The molecule has 0 radical (unpaired) electrons. The quantitative estimate of drug-likeness (QED) is 0.255. The van der Waals surface area contributed by atoms with Crippen molar-refractivity contribution in [3.63, 3.8) is 0 Å². The van der Waals surface area contributed by atoms with Gasteiger partial charge in [0.15, 0.2) is 0 Å². The summed E-state index contributed by atoms with van der Waals surface area (Å²) in [5.41, 5.74) is 8.60. The van der Waals surface area contributed by atoms with Gasteiger partial charge in [-0.05, 0) is 51.7 Å². The van der Waals surface area contributed by atoms with Crippen molar-refractivity contribution in [2.75, 3.05) is 0 Å². The second-order valence-corrected chi connectivity index (χ2v) is 9.03. The maximum atomic E-state index is 2.40. The van der Waals surface area contributed by atoms with Crippen LogP contribution in [0.25, 0.3) is 60.5 Å². The van der Waals surface area contributed by atoms with E-state index in [1.54, 1.807) is 0 Å². The van der Waals surface area contributed by atoms with Crippen LogP contribution in [0.4, 0.5) is 0 Å². The molecule has 7 aromatic rings. The summed E-state index contributed by atoms with van der Waals surface area (Å²) in [5.74, 6) is 0. The van der Waals surface area contributed by atoms with Crippen LogP contribution < -0.4 is 0 Å². The smallest absolute Gasteiger partial charge is 0.0619 e. The third-order valence-electron chi connectivity index (χ3n) is 6.99. The highest BCUT2D eigenvalue weighted by Crippen LogP contribution is 2.38. The molecule has 0 aliphatic heterocycles. The first-order valence-electron chi connectivity index (χ1n) is 12.0. The first-order valence-corrected chi connectivity index (χ1v) is 12.0. The van der Waals surface area contributed by atoms with Gasteiger partial charge in [0.1, 0.15) is 0 Å².